The summed E-state index contributed by atoms with van der Waals surface area (Å²) in [5.74, 6) is -2.20. The van der Waals surface area contributed by atoms with Gasteiger partial charge in [0.2, 0.25) is 0 Å². The van der Waals surface area contributed by atoms with Crippen LogP contribution in [0.2, 0.25) is 0 Å². The van der Waals surface area contributed by atoms with Crippen LogP contribution in [0.15, 0.2) is 48.5 Å². The van der Waals surface area contributed by atoms with Crippen LogP contribution in [0, 0.1) is 6.92 Å². The average molecular weight is 310 g/mol. The molecule has 3 nitrogen and oxygen atoms in total. The van der Waals surface area contributed by atoms with Gasteiger partial charge in [-0.2, -0.15) is 0 Å². The van der Waals surface area contributed by atoms with Crippen molar-refractivity contribution < 1.29 is 14.7 Å². The molecule has 0 aliphatic rings. The highest BCUT2D eigenvalue weighted by Gasteiger charge is 2.19. The Labute approximate surface area is 137 Å². The van der Waals surface area contributed by atoms with E-state index in [1.807, 2.05) is 31.2 Å². The van der Waals surface area contributed by atoms with E-state index >= 15 is 0 Å². The van der Waals surface area contributed by atoms with E-state index in [1.54, 1.807) is 12.1 Å². The third-order valence-corrected chi connectivity index (χ3v) is 4.08. The number of carbonyl (C=O) groups is 2. The predicted molar refractivity (Wildman–Crippen MR) is 90.8 cm³/mol. The molecular weight excluding hydrogens is 288 g/mol. The van der Waals surface area contributed by atoms with E-state index in [4.69, 9.17) is 5.11 Å². The van der Waals surface area contributed by atoms with Gasteiger partial charge in [-0.05, 0) is 49.3 Å². The summed E-state index contributed by atoms with van der Waals surface area (Å²) in [4.78, 5) is 22.7. The lowest BCUT2D eigenvalue weighted by atomic mass is 9.94. The molecule has 0 atom stereocenters. The zero-order valence-electron chi connectivity index (χ0n) is 13.4. The second kappa shape index (κ2) is 8.28. The molecule has 23 heavy (non-hydrogen) atoms. The van der Waals surface area contributed by atoms with Gasteiger partial charge in [0.1, 0.15) is 0 Å². The van der Waals surface area contributed by atoms with Gasteiger partial charge in [-0.25, -0.2) is 4.79 Å². The van der Waals surface area contributed by atoms with Gasteiger partial charge >= 0.3 is 5.97 Å². The molecule has 2 aromatic rings. The van der Waals surface area contributed by atoms with E-state index in [0.717, 1.165) is 43.2 Å². The van der Waals surface area contributed by atoms with Crippen molar-refractivity contribution in [2.45, 2.75) is 39.0 Å². The van der Waals surface area contributed by atoms with Crippen LogP contribution in [0.5, 0.6) is 0 Å². The molecule has 2 aromatic carbocycles. The van der Waals surface area contributed by atoms with Crippen LogP contribution in [-0.4, -0.2) is 16.9 Å². The molecule has 0 saturated carbocycles. The average Bonchev–Trinajstić information content (AvgIpc) is 2.56. The fraction of sp³-hybridized carbons (Fsp3) is 0.300. The predicted octanol–water partition coefficient (Wildman–Crippen LogP) is 4.22. The quantitative estimate of drug-likeness (QED) is 0.451. The summed E-state index contributed by atoms with van der Waals surface area (Å²) in [6.07, 6.45) is 4.91. The Balaban J connectivity index is 1.90. The normalized spacial score (nSPS) is 10.5. The molecule has 0 aromatic heterocycles. The molecule has 3 heteroatoms. The number of aryl methyl sites for hydroxylation is 2. The van der Waals surface area contributed by atoms with Crippen molar-refractivity contribution >= 4 is 11.8 Å². The zero-order valence-corrected chi connectivity index (χ0v) is 13.4. The van der Waals surface area contributed by atoms with Crippen LogP contribution in [0.25, 0.3) is 0 Å². The van der Waals surface area contributed by atoms with E-state index < -0.39 is 11.8 Å². The SMILES string of the molecule is Cc1cccc(C(=O)C(=O)O)c1CCCCCc1ccccc1. The van der Waals surface area contributed by atoms with Crippen LogP contribution in [0.3, 0.4) is 0 Å². The van der Waals surface area contributed by atoms with Crippen molar-refractivity contribution in [3.05, 3.63) is 70.8 Å². The summed E-state index contributed by atoms with van der Waals surface area (Å²) in [5.41, 5.74) is 3.53. The highest BCUT2D eigenvalue weighted by Crippen LogP contribution is 2.19. The standard InChI is InChI=1S/C20H22O3/c1-15-9-8-14-18(19(21)20(22)23)17(15)13-7-3-6-12-16-10-4-2-5-11-16/h2,4-5,8-11,14H,3,6-7,12-13H2,1H3,(H,22,23). The van der Waals surface area contributed by atoms with Crippen molar-refractivity contribution in [2.75, 3.05) is 0 Å². The number of Topliss-reactive ketones (excluding diaryl/α,β-unsaturated/α-hetero) is 1. The van der Waals surface area contributed by atoms with Crippen molar-refractivity contribution in [2.24, 2.45) is 0 Å². The molecular formula is C20H22O3. The Morgan fingerprint density at radius 2 is 1.57 bits per heavy atom. The number of rotatable bonds is 8. The summed E-state index contributed by atoms with van der Waals surface area (Å²) in [6, 6.07) is 15.7. The number of ketones is 1. The molecule has 0 amide bonds. The minimum atomic E-state index is -1.39. The molecule has 0 fully saturated rings. The molecule has 0 aliphatic carbocycles. The molecule has 0 unspecified atom stereocenters. The first-order valence-corrected chi connectivity index (χ1v) is 7.99. The fourth-order valence-corrected chi connectivity index (χ4v) is 2.81. The first-order valence-electron chi connectivity index (χ1n) is 7.99. The van der Waals surface area contributed by atoms with E-state index in [1.165, 1.54) is 5.56 Å². The summed E-state index contributed by atoms with van der Waals surface area (Å²) >= 11 is 0. The first-order chi connectivity index (χ1) is 11.1. The zero-order chi connectivity index (χ0) is 16.7. The van der Waals surface area contributed by atoms with Crippen molar-refractivity contribution in [3.8, 4) is 0 Å². The fourth-order valence-electron chi connectivity index (χ4n) is 2.81. The third kappa shape index (κ3) is 4.78. The maximum absolute atomic E-state index is 11.8. The first kappa shape index (κ1) is 16.9. The smallest absolute Gasteiger partial charge is 0.377 e. The molecule has 0 bridgehead atoms. The van der Waals surface area contributed by atoms with Crippen molar-refractivity contribution in [1.82, 2.24) is 0 Å². The molecule has 120 valence electrons. The second-order valence-corrected chi connectivity index (χ2v) is 5.78. The lowest BCUT2D eigenvalue weighted by Crippen LogP contribution is -2.15. The highest BCUT2D eigenvalue weighted by molar-refractivity contribution is 6.40. The summed E-state index contributed by atoms with van der Waals surface area (Å²) < 4.78 is 0. The Kier molecular flexibility index (Phi) is 6.10. The monoisotopic (exact) mass is 310 g/mol. The lowest BCUT2D eigenvalue weighted by molar-refractivity contribution is -0.131. The lowest BCUT2D eigenvalue weighted by Gasteiger charge is -2.10. The minimum Gasteiger partial charge on any atom is -0.475 e. The molecule has 2 rings (SSSR count). The van der Waals surface area contributed by atoms with Gasteiger partial charge in [-0.15, -0.1) is 0 Å². The van der Waals surface area contributed by atoms with Crippen LogP contribution in [-0.2, 0) is 17.6 Å². The van der Waals surface area contributed by atoms with Crippen LogP contribution in [0.4, 0.5) is 0 Å². The molecule has 1 N–H and O–H groups in total. The largest absolute Gasteiger partial charge is 0.475 e. The highest BCUT2D eigenvalue weighted by atomic mass is 16.4. The topological polar surface area (TPSA) is 54.4 Å². The van der Waals surface area contributed by atoms with Crippen molar-refractivity contribution in [3.63, 3.8) is 0 Å². The Bertz CT molecular complexity index is 675. The number of aliphatic carboxylic acids is 1. The van der Waals surface area contributed by atoms with E-state index in [-0.39, 0.29) is 0 Å². The van der Waals surface area contributed by atoms with Gasteiger partial charge in [0.25, 0.3) is 5.78 Å². The van der Waals surface area contributed by atoms with Crippen molar-refractivity contribution in [1.29, 1.82) is 0 Å². The summed E-state index contributed by atoms with van der Waals surface area (Å²) in [6.45, 7) is 1.93. The third-order valence-electron chi connectivity index (χ3n) is 4.08. The molecule has 0 heterocycles. The number of carbonyl (C=O) groups excluding carboxylic acids is 1. The summed E-state index contributed by atoms with van der Waals surface area (Å²) in [7, 11) is 0. The Morgan fingerprint density at radius 1 is 0.870 bits per heavy atom. The second-order valence-electron chi connectivity index (χ2n) is 5.78. The number of benzene rings is 2. The maximum Gasteiger partial charge on any atom is 0.377 e. The molecule has 0 aliphatic heterocycles. The van der Waals surface area contributed by atoms with Gasteiger partial charge in [0, 0.05) is 5.56 Å². The number of hydrogen-bond donors (Lipinski definition) is 1. The van der Waals surface area contributed by atoms with Gasteiger partial charge in [-0.1, -0.05) is 55.0 Å². The summed E-state index contributed by atoms with van der Waals surface area (Å²) in [5, 5.41) is 8.94. The van der Waals surface area contributed by atoms with Gasteiger partial charge < -0.3 is 5.11 Å². The maximum atomic E-state index is 11.8. The number of hydrogen-bond acceptors (Lipinski definition) is 2. The van der Waals surface area contributed by atoms with E-state index in [0.29, 0.717) is 5.56 Å². The molecule has 0 spiro atoms. The minimum absolute atomic E-state index is 0.334. The number of unbranched alkanes of at least 4 members (excludes halogenated alkanes) is 2. The molecule has 0 saturated heterocycles. The number of carboxylic acids is 1. The van der Waals surface area contributed by atoms with E-state index in [9.17, 15) is 9.59 Å². The van der Waals surface area contributed by atoms with E-state index in [2.05, 4.69) is 12.1 Å². The van der Waals surface area contributed by atoms with Crippen LogP contribution < -0.4 is 0 Å². The van der Waals surface area contributed by atoms with Gasteiger partial charge in [0.05, 0.1) is 0 Å². The Hall–Kier alpha value is -2.42. The van der Waals surface area contributed by atoms with Gasteiger partial charge in [0.15, 0.2) is 0 Å². The van der Waals surface area contributed by atoms with Crippen LogP contribution in [0.1, 0.15) is 46.3 Å². The molecule has 0 radical (unpaired) electrons. The Morgan fingerprint density at radius 3 is 2.26 bits per heavy atom. The number of carboxylic acid groups (broad SMARTS) is 1. The van der Waals surface area contributed by atoms with Crippen LogP contribution >= 0.6 is 0 Å². The van der Waals surface area contributed by atoms with Gasteiger partial charge in [-0.3, -0.25) is 4.79 Å².